The highest BCUT2D eigenvalue weighted by Crippen LogP contribution is 2.33. The van der Waals surface area contributed by atoms with Crippen molar-refractivity contribution in [3.05, 3.63) is 77.9 Å². The minimum Gasteiger partial charge on any atom is -0.504 e. The van der Waals surface area contributed by atoms with Gasteiger partial charge in [-0.05, 0) is 106 Å². The number of methoxy groups -OCH3 is 1. The second-order valence-corrected chi connectivity index (χ2v) is 25.1. The smallest absolute Gasteiger partial charge is 0.251 e. The van der Waals surface area contributed by atoms with Crippen LogP contribution in [0.2, 0.25) is 0 Å². The number of nitrogens with zero attached hydrogens (tertiary/aromatic N) is 5. The fourth-order valence-electron chi connectivity index (χ4n) is 11.9. The number of carbonyl (C=O) groups excluding carboxylic acids is 7. The number of carbonyl (C=O) groups is 7. The molecule has 29 nitrogen and oxygen atoms in total. The molecule has 94 heavy (non-hydrogen) atoms. The molecule has 7 amide bonds. The summed E-state index contributed by atoms with van der Waals surface area (Å²) in [6, 6.07) is 7.35. The van der Waals surface area contributed by atoms with Crippen LogP contribution in [0.4, 0.5) is 5.69 Å². The zero-order valence-electron chi connectivity index (χ0n) is 52.4. The summed E-state index contributed by atoms with van der Waals surface area (Å²) in [6.45, 7) is 4.34. The van der Waals surface area contributed by atoms with Gasteiger partial charge in [0.25, 0.3) is 5.91 Å². The lowest BCUT2D eigenvalue weighted by molar-refractivity contribution is -0.147. The number of piperidine rings is 1. The van der Waals surface area contributed by atoms with Gasteiger partial charge in [-0.2, -0.15) is 0 Å². The zero-order chi connectivity index (χ0) is 67.0. The number of hydrogen-bond donors (Lipinski definition) is 14. The van der Waals surface area contributed by atoms with E-state index in [1.54, 1.807) is 19.2 Å². The highest BCUT2D eigenvalue weighted by atomic mass is 32.1. The molecule has 16 N–H and O–H groups in total. The predicted octanol–water partition coefficient (Wildman–Crippen LogP) is -1.35. The third-order valence-corrected chi connectivity index (χ3v) is 18.2. The van der Waals surface area contributed by atoms with Gasteiger partial charge in [0, 0.05) is 107 Å². The zero-order valence-corrected chi connectivity index (χ0v) is 53.2. The number of aliphatic hydroxyl groups is 6. The van der Waals surface area contributed by atoms with Crippen LogP contribution in [-0.2, 0) is 44.7 Å². The standard InChI is InChI=1S/C63H88N12O17S.CH4/c1-34-32-75-53(54(34)82)59(87)66-31-41(77)29-44(67-55(83)37-8-10-38(11-9-37)60-71-72-61(93-60)39-12-14-40(15-13-39)73-22-18-43(19-23-73)91-25-6-4-5-24-90-3)56(84)68-50(35(2)76)62(88)74-33-42(78)30-45(74)57(85)69-51(58(86)70-52(63(75)89)47(80)17-20-64)48(81)27-36-7-16-46(79)49(28-36)92-26-21-65;/h7-16,28,34-35,41-45,47-48,50-54,76-82H,4-6,17-27,29-33,64-65H2,1-3H3,(H,66,87)(H,67,83)(H,68,84)(H,69,85)(H,70,86);1H4/t34-,35+,41+,42+,44-,45-,47+,48+,50-,51-,52-,53-,54-;/m0./s1. The molecule has 3 aromatic carbocycles. The van der Waals surface area contributed by atoms with E-state index in [4.69, 9.17) is 25.7 Å². The quantitative estimate of drug-likeness (QED) is 0.0405. The number of β-amino-alcohol motifs (C(OH)–C–C–N with tert-alkyl or cyclic N) is 1. The van der Waals surface area contributed by atoms with Crippen LogP contribution in [0.25, 0.3) is 21.1 Å². The minimum atomic E-state index is -2.04. The number of ether oxygens (including phenoxy) is 3. The Morgan fingerprint density at radius 3 is 2.02 bits per heavy atom. The second-order valence-electron chi connectivity index (χ2n) is 24.2. The van der Waals surface area contributed by atoms with E-state index in [0.717, 1.165) is 86.4 Å². The number of aliphatic hydroxyl groups excluding tert-OH is 6. The number of benzene rings is 3. The molecule has 4 fully saturated rings. The maximum absolute atomic E-state index is 14.7. The van der Waals surface area contributed by atoms with Crippen LogP contribution in [0.1, 0.15) is 88.6 Å². The van der Waals surface area contributed by atoms with Crippen molar-refractivity contribution < 1.29 is 83.5 Å². The number of aromatic hydroxyl groups is 1. The first-order valence-corrected chi connectivity index (χ1v) is 32.3. The van der Waals surface area contributed by atoms with E-state index in [0.29, 0.717) is 15.6 Å². The molecule has 0 unspecified atom stereocenters. The van der Waals surface area contributed by atoms with Crippen LogP contribution in [0.5, 0.6) is 11.5 Å². The summed E-state index contributed by atoms with van der Waals surface area (Å²) in [5, 5.41) is 101. The van der Waals surface area contributed by atoms with Crippen molar-refractivity contribution in [2.75, 3.05) is 77.6 Å². The van der Waals surface area contributed by atoms with Gasteiger partial charge in [-0.25, -0.2) is 0 Å². The van der Waals surface area contributed by atoms with Crippen molar-refractivity contribution in [3.63, 3.8) is 0 Å². The van der Waals surface area contributed by atoms with E-state index < -0.39 is 152 Å². The monoisotopic (exact) mass is 1330 g/mol. The molecule has 4 saturated heterocycles. The fraction of sp³-hybridized carbons (Fsp3) is 0.578. The van der Waals surface area contributed by atoms with E-state index >= 15 is 0 Å². The number of anilines is 1. The number of fused-ring (bicyclic) bond motifs is 2. The molecule has 1 aromatic heterocycles. The first-order chi connectivity index (χ1) is 44.6. The van der Waals surface area contributed by atoms with Gasteiger partial charge < -0.3 is 103 Å². The first-order valence-electron chi connectivity index (χ1n) is 31.5. The first kappa shape index (κ1) is 73.9. The molecule has 4 aromatic rings. The lowest BCUT2D eigenvalue weighted by Gasteiger charge is -2.34. The maximum atomic E-state index is 14.7. The van der Waals surface area contributed by atoms with Crippen LogP contribution in [0.15, 0.2) is 66.7 Å². The molecular weight excluding hydrogens is 1240 g/mol. The van der Waals surface area contributed by atoms with Crippen molar-refractivity contribution in [2.45, 2.75) is 158 Å². The number of amides is 7. The van der Waals surface area contributed by atoms with E-state index in [2.05, 4.69) is 53.8 Å². The normalized spacial score (nSPS) is 25.5. The summed E-state index contributed by atoms with van der Waals surface area (Å²) in [5.74, 6) is -8.65. The van der Waals surface area contributed by atoms with Crippen molar-refractivity contribution in [1.82, 2.24) is 46.6 Å². The predicted molar refractivity (Wildman–Crippen MR) is 346 cm³/mol. The topological polar surface area (TPSA) is 436 Å². The lowest BCUT2D eigenvalue weighted by atomic mass is 9.98. The third-order valence-electron chi connectivity index (χ3n) is 17.1. The van der Waals surface area contributed by atoms with Gasteiger partial charge in [-0.15, -0.1) is 10.2 Å². The molecule has 8 rings (SSSR count). The van der Waals surface area contributed by atoms with Gasteiger partial charge in [-0.3, -0.25) is 33.6 Å². The lowest BCUT2D eigenvalue weighted by Crippen LogP contribution is -2.64. The molecular formula is C64H92N12O17S. The Labute approximate surface area is 549 Å². The van der Waals surface area contributed by atoms with Gasteiger partial charge in [0.15, 0.2) is 11.5 Å². The average Bonchev–Trinajstić information content (AvgIpc) is 1.62. The minimum absolute atomic E-state index is 0. The largest absolute Gasteiger partial charge is 0.504 e. The number of aromatic nitrogens is 2. The Kier molecular flexibility index (Phi) is 27.3. The molecule has 4 aliphatic heterocycles. The third kappa shape index (κ3) is 18.9. The van der Waals surface area contributed by atoms with Gasteiger partial charge in [0.1, 0.15) is 52.9 Å². The van der Waals surface area contributed by atoms with Crippen molar-refractivity contribution >= 4 is 58.4 Å². The van der Waals surface area contributed by atoms with E-state index in [1.807, 2.05) is 12.1 Å². The van der Waals surface area contributed by atoms with Gasteiger partial charge in [0.2, 0.25) is 35.4 Å². The van der Waals surface area contributed by atoms with Gasteiger partial charge in [0.05, 0.1) is 42.7 Å². The maximum Gasteiger partial charge on any atom is 0.251 e. The number of unbranched alkanes of at least 4 members (excludes halogenated alkanes) is 2. The van der Waals surface area contributed by atoms with Crippen LogP contribution >= 0.6 is 11.3 Å². The Hall–Kier alpha value is -7.49. The van der Waals surface area contributed by atoms with E-state index in [9.17, 15) is 69.3 Å². The Bertz CT molecular complexity index is 3170. The highest BCUT2D eigenvalue weighted by molar-refractivity contribution is 7.17. The van der Waals surface area contributed by atoms with Crippen molar-refractivity contribution in [3.8, 4) is 32.6 Å². The summed E-state index contributed by atoms with van der Waals surface area (Å²) in [6.07, 6.45) is -6.62. The summed E-state index contributed by atoms with van der Waals surface area (Å²) in [5.41, 5.74) is 14.3. The van der Waals surface area contributed by atoms with Crippen molar-refractivity contribution in [1.29, 1.82) is 0 Å². The Balaban J connectivity index is 0.0000125. The van der Waals surface area contributed by atoms with E-state index in [-0.39, 0.29) is 68.8 Å². The number of phenolic OH excluding ortho intramolecular Hbond substituents is 1. The molecule has 4 aliphatic rings. The molecule has 0 spiro atoms. The Morgan fingerprint density at radius 2 is 1.37 bits per heavy atom. The molecule has 0 radical (unpaired) electrons. The molecule has 0 bridgehead atoms. The summed E-state index contributed by atoms with van der Waals surface area (Å²) < 4.78 is 16.8. The number of rotatable bonds is 22. The van der Waals surface area contributed by atoms with Gasteiger partial charge >= 0.3 is 0 Å². The molecule has 516 valence electrons. The van der Waals surface area contributed by atoms with E-state index in [1.165, 1.54) is 48.6 Å². The average molecular weight is 1330 g/mol. The molecule has 30 heteroatoms. The van der Waals surface area contributed by atoms with Crippen molar-refractivity contribution in [2.24, 2.45) is 17.4 Å². The number of hydrogen-bond acceptors (Lipinski definition) is 23. The number of nitrogens with one attached hydrogen (secondary N) is 5. The molecule has 13 atom stereocenters. The van der Waals surface area contributed by atoms with Gasteiger partial charge in [-0.1, -0.05) is 43.9 Å². The SMILES string of the molecule is C.COCCCCCOC1CCN(c2ccc(-c3nnc(-c4ccc(C(=O)N[C@H]5C[C@@H](O)CNC(=O)[C@@H]6[C@@H](O)[C@@H](C)CN6C(=O)[C@H]([C@H](O)CCN)NC(=O)[C@H]([C@H](O)Cc6ccc(O)c(OCCN)c6)NC(=O)[C@@H]6C[C@@H](O)CN6C(=O)[C@H]([C@@H](C)O)NC5=O)cc4)s3)cc2)CC1. The van der Waals surface area contributed by atoms with Crippen LogP contribution < -0.4 is 47.7 Å². The highest BCUT2D eigenvalue weighted by Gasteiger charge is 2.50. The molecule has 5 heterocycles. The number of nitrogens with two attached hydrogens (primary N) is 2. The van der Waals surface area contributed by atoms with Crippen LogP contribution in [-0.4, -0.2) is 249 Å². The molecule has 0 saturated carbocycles. The molecule has 0 aliphatic carbocycles. The van der Waals surface area contributed by atoms with Crippen LogP contribution in [0, 0.1) is 5.92 Å². The number of phenols is 1. The summed E-state index contributed by atoms with van der Waals surface area (Å²) in [4.78, 5) is 106. The second kappa shape index (κ2) is 34.8. The Morgan fingerprint density at radius 1 is 0.734 bits per heavy atom. The summed E-state index contributed by atoms with van der Waals surface area (Å²) >= 11 is 1.34. The summed E-state index contributed by atoms with van der Waals surface area (Å²) in [7, 11) is 1.71. The van der Waals surface area contributed by atoms with Crippen LogP contribution in [0.3, 0.4) is 0 Å². The fourth-order valence-corrected chi connectivity index (χ4v) is 12.8.